The Bertz CT molecular complexity index is 338. The Hall–Kier alpha value is -0.580. The summed E-state index contributed by atoms with van der Waals surface area (Å²) >= 11 is 9.06. The Morgan fingerprint density at radius 1 is 1.50 bits per heavy atom. The Morgan fingerprint density at radius 2 is 2.06 bits per heavy atom. The molecule has 0 heterocycles. The van der Waals surface area contributed by atoms with Crippen LogP contribution in [0.1, 0.15) is 31.9 Å². The minimum absolute atomic E-state index is 0.104. The van der Waals surface area contributed by atoms with Gasteiger partial charge in [0.05, 0.1) is 6.42 Å². The number of carbonyl (C=O) groups is 1. The maximum Gasteiger partial charge on any atom is 0.305 e. The Morgan fingerprint density at radius 3 is 2.50 bits per heavy atom. The highest BCUT2D eigenvalue weighted by molar-refractivity contribution is 9.10. The van der Waals surface area contributed by atoms with Crippen molar-refractivity contribution in [3.63, 3.8) is 0 Å². The average molecular weight is 309 g/mol. The van der Waals surface area contributed by atoms with Crippen LogP contribution in [0.5, 0.6) is 0 Å². The maximum absolute atomic E-state index is 10.4. The summed E-state index contributed by atoms with van der Waals surface area (Å²) in [6.07, 6.45) is -0.104. The normalized spacial score (nSPS) is 11.3. The molecule has 0 fully saturated rings. The third kappa shape index (κ3) is 5.49. The van der Waals surface area contributed by atoms with E-state index in [1.807, 2.05) is 13.8 Å². The van der Waals surface area contributed by atoms with E-state index in [1.165, 1.54) is 0 Å². The van der Waals surface area contributed by atoms with E-state index in [1.54, 1.807) is 18.2 Å². The lowest BCUT2D eigenvalue weighted by molar-refractivity contribution is -0.137. The summed E-state index contributed by atoms with van der Waals surface area (Å²) in [6.45, 7) is 4.00. The van der Waals surface area contributed by atoms with Crippen LogP contribution >= 0.6 is 27.5 Å². The molecule has 1 rings (SSSR count). The van der Waals surface area contributed by atoms with Gasteiger partial charge in [-0.05, 0) is 23.8 Å². The van der Waals surface area contributed by atoms with E-state index in [0.717, 1.165) is 4.47 Å². The molecule has 0 spiro atoms. The molecule has 0 saturated heterocycles. The number of hydrogen-bond acceptors (Lipinski definition) is 2. The fraction of sp³-hybridized carbons (Fsp3) is 0.364. The van der Waals surface area contributed by atoms with Gasteiger partial charge in [0.2, 0.25) is 0 Å². The van der Waals surface area contributed by atoms with Gasteiger partial charge in [-0.2, -0.15) is 0 Å². The first-order valence-corrected chi connectivity index (χ1v) is 6.09. The molecule has 0 aliphatic carbocycles. The number of nitrogens with two attached hydrogens (primary N) is 1. The third-order valence-electron chi connectivity index (χ3n) is 1.71. The summed E-state index contributed by atoms with van der Waals surface area (Å²) in [5, 5.41) is 9.10. The van der Waals surface area contributed by atoms with Crippen molar-refractivity contribution >= 4 is 33.5 Å². The molecule has 0 aliphatic rings. The van der Waals surface area contributed by atoms with Crippen molar-refractivity contribution in [3.05, 3.63) is 33.3 Å². The average Bonchev–Trinajstić information content (AvgIpc) is 2.18. The Kier molecular flexibility index (Phi) is 7.38. The monoisotopic (exact) mass is 307 g/mol. The fourth-order valence-electron chi connectivity index (χ4n) is 1.10. The van der Waals surface area contributed by atoms with Gasteiger partial charge in [-0.3, -0.25) is 4.79 Å². The molecule has 1 atom stereocenters. The van der Waals surface area contributed by atoms with E-state index >= 15 is 0 Å². The van der Waals surface area contributed by atoms with Crippen LogP contribution in [-0.4, -0.2) is 11.1 Å². The maximum atomic E-state index is 10.4. The van der Waals surface area contributed by atoms with Gasteiger partial charge in [-0.25, -0.2) is 0 Å². The third-order valence-corrected chi connectivity index (χ3v) is 2.38. The van der Waals surface area contributed by atoms with E-state index in [9.17, 15) is 4.79 Å². The second kappa shape index (κ2) is 7.65. The standard InChI is InChI=1S/C9H9BrClNO2.C2H6/c10-6-1-5(2-7(11)3-6)8(12)4-9(13)14;1-2/h1-3,8H,4,12H2,(H,13,14);1-2H3. The summed E-state index contributed by atoms with van der Waals surface area (Å²) in [5.74, 6) is -0.923. The van der Waals surface area contributed by atoms with Crippen molar-refractivity contribution in [2.75, 3.05) is 0 Å². The second-order valence-corrected chi connectivity index (χ2v) is 4.26. The highest BCUT2D eigenvalue weighted by Gasteiger charge is 2.11. The van der Waals surface area contributed by atoms with Crippen LogP contribution in [0, 0.1) is 0 Å². The molecule has 0 saturated carbocycles. The van der Waals surface area contributed by atoms with E-state index < -0.39 is 12.0 Å². The van der Waals surface area contributed by atoms with Gasteiger partial charge in [0.1, 0.15) is 0 Å². The lowest BCUT2D eigenvalue weighted by Gasteiger charge is -2.10. The lowest BCUT2D eigenvalue weighted by Crippen LogP contribution is -2.14. The van der Waals surface area contributed by atoms with Gasteiger partial charge in [0, 0.05) is 15.5 Å². The van der Waals surface area contributed by atoms with Crippen molar-refractivity contribution in [1.29, 1.82) is 0 Å². The molecule has 0 aliphatic heterocycles. The van der Waals surface area contributed by atoms with Gasteiger partial charge >= 0.3 is 5.97 Å². The molecule has 16 heavy (non-hydrogen) atoms. The first kappa shape index (κ1) is 15.4. The highest BCUT2D eigenvalue weighted by atomic mass is 79.9. The molecule has 1 aromatic carbocycles. The number of benzene rings is 1. The van der Waals surface area contributed by atoms with Gasteiger partial charge in [0.15, 0.2) is 0 Å². The van der Waals surface area contributed by atoms with Crippen LogP contribution in [0.15, 0.2) is 22.7 Å². The van der Waals surface area contributed by atoms with Crippen LogP contribution in [0.25, 0.3) is 0 Å². The number of hydrogen-bond donors (Lipinski definition) is 2. The molecule has 3 N–H and O–H groups in total. The quantitative estimate of drug-likeness (QED) is 0.896. The van der Waals surface area contributed by atoms with Crippen LogP contribution in [0.3, 0.4) is 0 Å². The van der Waals surface area contributed by atoms with E-state index in [2.05, 4.69) is 15.9 Å². The van der Waals surface area contributed by atoms with Gasteiger partial charge in [-0.1, -0.05) is 41.4 Å². The largest absolute Gasteiger partial charge is 0.481 e. The van der Waals surface area contributed by atoms with E-state index in [-0.39, 0.29) is 6.42 Å². The van der Waals surface area contributed by atoms with Crippen LogP contribution in [0.2, 0.25) is 5.02 Å². The molecular formula is C11H15BrClNO2. The van der Waals surface area contributed by atoms with Crippen LogP contribution < -0.4 is 5.73 Å². The molecule has 1 unspecified atom stereocenters. The highest BCUT2D eigenvalue weighted by Crippen LogP contribution is 2.24. The summed E-state index contributed by atoms with van der Waals surface area (Å²) in [6, 6.07) is 4.63. The summed E-state index contributed by atoms with van der Waals surface area (Å²) in [5.41, 5.74) is 6.39. The van der Waals surface area contributed by atoms with Crippen LogP contribution in [0.4, 0.5) is 0 Å². The fourth-order valence-corrected chi connectivity index (χ4v) is 1.98. The molecule has 0 amide bonds. The smallest absolute Gasteiger partial charge is 0.305 e. The van der Waals surface area contributed by atoms with Gasteiger partial charge in [-0.15, -0.1) is 0 Å². The van der Waals surface area contributed by atoms with Crippen molar-refractivity contribution in [2.45, 2.75) is 26.3 Å². The SMILES string of the molecule is CC.NC(CC(=O)O)c1cc(Cl)cc(Br)c1. The number of carboxylic acids is 1. The zero-order valence-electron chi connectivity index (χ0n) is 9.21. The van der Waals surface area contributed by atoms with E-state index in [0.29, 0.717) is 10.6 Å². The molecule has 3 nitrogen and oxygen atoms in total. The zero-order valence-corrected chi connectivity index (χ0v) is 11.5. The Balaban J connectivity index is 0.00000106. The first-order valence-electron chi connectivity index (χ1n) is 4.92. The predicted molar refractivity (Wildman–Crippen MR) is 69.7 cm³/mol. The lowest BCUT2D eigenvalue weighted by atomic mass is 10.1. The number of aliphatic carboxylic acids is 1. The molecule has 5 heteroatoms. The minimum Gasteiger partial charge on any atom is -0.481 e. The minimum atomic E-state index is -0.923. The van der Waals surface area contributed by atoms with E-state index in [4.69, 9.17) is 22.4 Å². The van der Waals surface area contributed by atoms with Crippen molar-refractivity contribution < 1.29 is 9.90 Å². The summed E-state index contributed by atoms with van der Waals surface area (Å²) in [4.78, 5) is 10.4. The number of carboxylic acid groups (broad SMARTS) is 1. The predicted octanol–water partition coefficient (Wildman–Crippen LogP) is 3.60. The Labute approximate surface area is 109 Å². The van der Waals surface area contributed by atoms with Gasteiger partial charge < -0.3 is 10.8 Å². The van der Waals surface area contributed by atoms with Crippen molar-refractivity contribution in [2.24, 2.45) is 5.73 Å². The molecule has 0 bridgehead atoms. The molecule has 90 valence electrons. The number of rotatable bonds is 3. The van der Waals surface area contributed by atoms with Gasteiger partial charge in [0.25, 0.3) is 0 Å². The molecule has 1 aromatic rings. The van der Waals surface area contributed by atoms with Crippen molar-refractivity contribution in [3.8, 4) is 0 Å². The molecule has 0 radical (unpaired) electrons. The summed E-state index contributed by atoms with van der Waals surface area (Å²) in [7, 11) is 0. The number of halogens is 2. The second-order valence-electron chi connectivity index (χ2n) is 2.91. The zero-order chi connectivity index (χ0) is 12.7. The molecular weight excluding hydrogens is 293 g/mol. The summed E-state index contributed by atoms with van der Waals surface area (Å²) < 4.78 is 0.792. The van der Waals surface area contributed by atoms with Crippen LogP contribution in [-0.2, 0) is 4.79 Å². The molecule has 0 aromatic heterocycles. The van der Waals surface area contributed by atoms with Crippen molar-refractivity contribution in [1.82, 2.24) is 0 Å². The first-order chi connectivity index (χ1) is 7.49. The topological polar surface area (TPSA) is 63.3 Å².